The summed E-state index contributed by atoms with van der Waals surface area (Å²) in [4.78, 5) is 0. The average molecular weight is 155 g/mol. The number of hydrogen-bond donors (Lipinski definition) is 1. The Labute approximate surface area is 68.9 Å². The van der Waals surface area contributed by atoms with Crippen LogP contribution < -0.4 is 5.32 Å². The molecular weight excluding hydrogens is 138 g/mol. The van der Waals surface area contributed by atoms with E-state index in [4.69, 9.17) is 4.74 Å². The summed E-state index contributed by atoms with van der Waals surface area (Å²) in [7, 11) is 0. The topological polar surface area (TPSA) is 21.3 Å². The Hall–Kier alpha value is -0.760. The van der Waals surface area contributed by atoms with Gasteiger partial charge in [-0.1, -0.05) is 18.7 Å². The molecule has 0 unspecified atom stereocenters. The van der Waals surface area contributed by atoms with E-state index in [1.165, 1.54) is 0 Å². The summed E-state index contributed by atoms with van der Waals surface area (Å²) in [6.45, 7) is 8.02. The molecule has 0 rings (SSSR count). The van der Waals surface area contributed by atoms with Crippen LogP contribution in [0.3, 0.4) is 0 Å². The second-order valence-electron chi connectivity index (χ2n) is 2.07. The van der Waals surface area contributed by atoms with Crippen LogP contribution in [0.25, 0.3) is 0 Å². The molecule has 0 aliphatic carbocycles. The highest BCUT2D eigenvalue weighted by atomic mass is 16.5. The molecule has 0 aliphatic heterocycles. The van der Waals surface area contributed by atoms with Crippen molar-refractivity contribution in [3.63, 3.8) is 0 Å². The standard InChI is InChI=1S/C9H17NO/c1-3-10-8-6-5-7-9-11-4-2/h3,5-6,10H,1,4,7-9H2,2H3/b6-5+. The second-order valence-corrected chi connectivity index (χ2v) is 2.07. The Bertz CT molecular complexity index is 110. The first kappa shape index (κ1) is 10.2. The highest BCUT2D eigenvalue weighted by molar-refractivity contribution is 4.85. The first-order chi connectivity index (χ1) is 5.41. The first-order valence-corrected chi connectivity index (χ1v) is 3.98. The first-order valence-electron chi connectivity index (χ1n) is 3.98. The lowest BCUT2D eigenvalue weighted by molar-refractivity contribution is 0.152. The molecule has 0 fully saturated rings. The van der Waals surface area contributed by atoms with Crippen LogP contribution in [-0.2, 0) is 4.74 Å². The molecule has 0 saturated carbocycles. The molecule has 0 bridgehead atoms. The number of hydrogen-bond acceptors (Lipinski definition) is 2. The van der Waals surface area contributed by atoms with Crippen LogP contribution in [0.2, 0.25) is 0 Å². The number of ether oxygens (including phenoxy) is 1. The summed E-state index contributed by atoms with van der Waals surface area (Å²) in [5.74, 6) is 0. The zero-order valence-electron chi connectivity index (χ0n) is 7.18. The van der Waals surface area contributed by atoms with Crippen LogP contribution >= 0.6 is 0 Å². The monoisotopic (exact) mass is 155 g/mol. The molecule has 11 heavy (non-hydrogen) atoms. The largest absolute Gasteiger partial charge is 0.388 e. The molecule has 0 aliphatic rings. The molecular formula is C9H17NO. The summed E-state index contributed by atoms with van der Waals surface area (Å²) in [5, 5.41) is 2.98. The van der Waals surface area contributed by atoms with Gasteiger partial charge in [-0.3, -0.25) is 0 Å². The van der Waals surface area contributed by atoms with E-state index >= 15 is 0 Å². The molecule has 0 aromatic rings. The third kappa shape index (κ3) is 9.24. The number of nitrogens with one attached hydrogen (secondary N) is 1. The second kappa shape index (κ2) is 9.24. The molecule has 2 nitrogen and oxygen atoms in total. The van der Waals surface area contributed by atoms with Gasteiger partial charge in [-0.15, -0.1) is 0 Å². The van der Waals surface area contributed by atoms with E-state index in [1.807, 2.05) is 6.92 Å². The van der Waals surface area contributed by atoms with Crippen molar-refractivity contribution in [2.45, 2.75) is 13.3 Å². The molecule has 0 radical (unpaired) electrons. The van der Waals surface area contributed by atoms with Gasteiger partial charge in [0.1, 0.15) is 0 Å². The fraction of sp³-hybridized carbons (Fsp3) is 0.556. The SMILES string of the molecule is C=CNC/C=C/CCOCC. The van der Waals surface area contributed by atoms with Gasteiger partial charge in [0.05, 0.1) is 0 Å². The molecule has 0 aromatic heterocycles. The summed E-state index contributed by atoms with van der Waals surface area (Å²) < 4.78 is 5.15. The number of rotatable bonds is 7. The molecule has 0 saturated heterocycles. The van der Waals surface area contributed by atoms with Crippen molar-refractivity contribution >= 4 is 0 Å². The van der Waals surface area contributed by atoms with Crippen LogP contribution in [0, 0.1) is 0 Å². The zero-order chi connectivity index (χ0) is 8.36. The van der Waals surface area contributed by atoms with Gasteiger partial charge < -0.3 is 10.1 Å². The van der Waals surface area contributed by atoms with E-state index in [0.717, 1.165) is 26.2 Å². The molecule has 0 heterocycles. The molecule has 0 amide bonds. The Balaban J connectivity index is 2.97. The summed E-state index contributed by atoms with van der Waals surface area (Å²) >= 11 is 0. The maximum Gasteiger partial charge on any atom is 0.0500 e. The van der Waals surface area contributed by atoms with Crippen molar-refractivity contribution < 1.29 is 4.74 Å². The molecule has 0 atom stereocenters. The minimum Gasteiger partial charge on any atom is -0.388 e. The van der Waals surface area contributed by atoms with Gasteiger partial charge in [0.15, 0.2) is 0 Å². The van der Waals surface area contributed by atoms with Crippen molar-refractivity contribution in [3.05, 3.63) is 24.9 Å². The van der Waals surface area contributed by atoms with Gasteiger partial charge in [-0.25, -0.2) is 0 Å². The van der Waals surface area contributed by atoms with Crippen molar-refractivity contribution in [1.82, 2.24) is 5.32 Å². The van der Waals surface area contributed by atoms with E-state index in [1.54, 1.807) is 6.20 Å². The van der Waals surface area contributed by atoms with E-state index in [2.05, 4.69) is 24.0 Å². The van der Waals surface area contributed by atoms with Crippen molar-refractivity contribution in [2.75, 3.05) is 19.8 Å². The van der Waals surface area contributed by atoms with Gasteiger partial charge in [-0.05, 0) is 19.5 Å². The summed E-state index contributed by atoms with van der Waals surface area (Å²) in [5.41, 5.74) is 0. The van der Waals surface area contributed by atoms with Gasteiger partial charge in [0.25, 0.3) is 0 Å². The highest BCUT2D eigenvalue weighted by Crippen LogP contribution is 1.83. The molecule has 0 aromatic carbocycles. The Morgan fingerprint density at radius 3 is 2.91 bits per heavy atom. The van der Waals surface area contributed by atoms with Gasteiger partial charge in [-0.2, -0.15) is 0 Å². The van der Waals surface area contributed by atoms with Crippen LogP contribution in [0.4, 0.5) is 0 Å². The van der Waals surface area contributed by atoms with Gasteiger partial charge >= 0.3 is 0 Å². The van der Waals surface area contributed by atoms with Crippen LogP contribution in [-0.4, -0.2) is 19.8 Å². The van der Waals surface area contributed by atoms with Crippen molar-refractivity contribution in [1.29, 1.82) is 0 Å². The third-order valence-electron chi connectivity index (χ3n) is 1.18. The van der Waals surface area contributed by atoms with E-state index < -0.39 is 0 Å². The smallest absolute Gasteiger partial charge is 0.0500 e. The predicted octanol–water partition coefficient (Wildman–Crippen LogP) is 1.70. The molecule has 0 spiro atoms. The fourth-order valence-corrected chi connectivity index (χ4v) is 0.648. The summed E-state index contributed by atoms with van der Waals surface area (Å²) in [6.07, 6.45) is 6.85. The Morgan fingerprint density at radius 1 is 1.45 bits per heavy atom. The molecule has 64 valence electrons. The average Bonchev–Trinajstić information content (AvgIpc) is 2.03. The highest BCUT2D eigenvalue weighted by Gasteiger charge is 1.78. The quantitative estimate of drug-likeness (QED) is 0.446. The lowest BCUT2D eigenvalue weighted by Crippen LogP contribution is -2.02. The lowest BCUT2D eigenvalue weighted by atomic mass is 10.4. The van der Waals surface area contributed by atoms with Crippen LogP contribution in [0.5, 0.6) is 0 Å². The van der Waals surface area contributed by atoms with Crippen LogP contribution in [0.1, 0.15) is 13.3 Å². The maximum absolute atomic E-state index is 5.15. The van der Waals surface area contributed by atoms with Gasteiger partial charge in [0.2, 0.25) is 0 Å². The minimum absolute atomic E-state index is 0.804. The zero-order valence-corrected chi connectivity index (χ0v) is 7.18. The molecule has 1 N–H and O–H groups in total. The fourth-order valence-electron chi connectivity index (χ4n) is 0.648. The van der Waals surface area contributed by atoms with E-state index in [0.29, 0.717) is 0 Å². The third-order valence-corrected chi connectivity index (χ3v) is 1.18. The van der Waals surface area contributed by atoms with E-state index in [-0.39, 0.29) is 0 Å². The Kier molecular flexibility index (Phi) is 8.60. The minimum atomic E-state index is 0.804. The predicted molar refractivity (Wildman–Crippen MR) is 48.4 cm³/mol. The maximum atomic E-state index is 5.15. The van der Waals surface area contributed by atoms with Crippen LogP contribution in [0.15, 0.2) is 24.9 Å². The van der Waals surface area contributed by atoms with Crippen molar-refractivity contribution in [2.24, 2.45) is 0 Å². The lowest BCUT2D eigenvalue weighted by Gasteiger charge is -1.95. The normalized spacial score (nSPS) is 10.3. The van der Waals surface area contributed by atoms with Crippen molar-refractivity contribution in [3.8, 4) is 0 Å². The molecule has 2 heteroatoms. The van der Waals surface area contributed by atoms with E-state index in [9.17, 15) is 0 Å². The van der Waals surface area contributed by atoms with Gasteiger partial charge in [0, 0.05) is 19.8 Å². The Morgan fingerprint density at radius 2 is 2.27 bits per heavy atom. The summed E-state index contributed by atoms with van der Waals surface area (Å²) in [6, 6.07) is 0.